The molecule has 1 aliphatic heterocycles. The van der Waals surface area contributed by atoms with Crippen molar-refractivity contribution < 1.29 is 33.3 Å². The van der Waals surface area contributed by atoms with E-state index in [-0.39, 0.29) is 30.5 Å². The van der Waals surface area contributed by atoms with E-state index in [0.717, 1.165) is 22.6 Å². The third-order valence-corrected chi connectivity index (χ3v) is 7.62. The molecular formula is C34H33NO7. The fourth-order valence-electron chi connectivity index (χ4n) is 5.66. The van der Waals surface area contributed by atoms with Crippen molar-refractivity contribution in [2.75, 3.05) is 14.2 Å². The Morgan fingerprint density at radius 2 is 1.60 bits per heavy atom. The third-order valence-electron chi connectivity index (χ3n) is 7.62. The zero-order chi connectivity index (χ0) is 29.8. The maximum atomic E-state index is 13.9. The number of esters is 2. The lowest BCUT2D eigenvalue weighted by Gasteiger charge is -2.37. The molecule has 1 N–H and O–H groups in total. The highest BCUT2D eigenvalue weighted by molar-refractivity contribution is 6.04. The minimum absolute atomic E-state index is 0.0319. The van der Waals surface area contributed by atoms with Gasteiger partial charge in [-0.25, -0.2) is 4.79 Å². The number of ether oxygens (including phenoxy) is 4. The molecule has 8 nitrogen and oxygen atoms in total. The van der Waals surface area contributed by atoms with Crippen LogP contribution in [-0.4, -0.2) is 31.9 Å². The Balaban J connectivity index is 1.54. The average Bonchev–Trinajstić information content (AvgIpc) is 2.99. The molecule has 0 radical (unpaired) electrons. The molecule has 8 heteroatoms. The summed E-state index contributed by atoms with van der Waals surface area (Å²) in [5.74, 6) is -0.476. The molecular weight excluding hydrogens is 534 g/mol. The molecule has 1 aliphatic carbocycles. The highest BCUT2D eigenvalue weighted by atomic mass is 16.6. The Hall–Kier alpha value is -4.85. The number of dihydropyridines is 1. The van der Waals surface area contributed by atoms with Crippen LogP contribution in [0.5, 0.6) is 17.2 Å². The van der Waals surface area contributed by atoms with Gasteiger partial charge in [-0.05, 0) is 60.2 Å². The highest BCUT2D eigenvalue weighted by Gasteiger charge is 2.41. The number of allylic oxidation sites excluding steroid dienone is 3. The molecule has 2 atom stereocenters. The lowest BCUT2D eigenvalue weighted by atomic mass is 9.71. The topological polar surface area (TPSA) is 100 Å². The quantitative estimate of drug-likeness (QED) is 0.272. The van der Waals surface area contributed by atoms with E-state index in [9.17, 15) is 14.4 Å². The van der Waals surface area contributed by atoms with Gasteiger partial charge in [0.05, 0.1) is 19.8 Å². The van der Waals surface area contributed by atoms with Crippen LogP contribution in [0, 0.1) is 0 Å². The molecule has 0 fully saturated rings. The van der Waals surface area contributed by atoms with Crippen LogP contribution in [0.25, 0.3) is 0 Å². The molecule has 0 bridgehead atoms. The SMILES string of the molecule is COc1ccc([C@@H]2CC(=O)C3=C(C2)NC(C)=C(C(=O)OCc2ccccc2)[C@@H]3c2ccc(OC(C)=O)c(OC)c2)cc1. The zero-order valence-corrected chi connectivity index (χ0v) is 24.1. The summed E-state index contributed by atoms with van der Waals surface area (Å²) in [6.45, 7) is 3.23. The minimum Gasteiger partial charge on any atom is -0.497 e. The number of Topliss-reactive ketones (excluding diaryl/α,β-unsaturated/α-hetero) is 1. The standard InChI is InChI=1S/C34H33NO7/c1-20-31(34(38)41-19-22-8-6-5-7-9-22)32(24-12-15-29(42-21(2)36)30(18-24)40-4)33-27(35-20)16-25(17-28(33)37)23-10-13-26(39-3)14-11-23/h5-15,18,25,32,35H,16-17,19H2,1-4H3/t25-,32-/m0/s1. The molecule has 0 aromatic heterocycles. The molecule has 0 saturated carbocycles. The van der Waals surface area contributed by atoms with Crippen LogP contribution in [0.2, 0.25) is 0 Å². The van der Waals surface area contributed by atoms with Gasteiger partial charge in [-0.2, -0.15) is 0 Å². The number of hydrogen-bond donors (Lipinski definition) is 1. The van der Waals surface area contributed by atoms with Gasteiger partial charge in [0.25, 0.3) is 0 Å². The second kappa shape index (κ2) is 12.3. The summed E-state index contributed by atoms with van der Waals surface area (Å²) in [6, 6.07) is 22.3. The number of ketones is 1. The predicted molar refractivity (Wildman–Crippen MR) is 156 cm³/mol. The van der Waals surface area contributed by atoms with Crippen molar-refractivity contribution in [3.8, 4) is 17.2 Å². The fourth-order valence-corrected chi connectivity index (χ4v) is 5.66. The minimum atomic E-state index is -0.700. The van der Waals surface area contributed by atoms with Gasteiger partial charge in [-0.1, -0.05) is 48.5 Å². The van der Waals surface area contributed by atoms with Crippen LogP contribution in [0.15, 0.2) is 95.3 Å². The van der Waals surface area contributed by atoms with Gasteiger partial charge in [0.15, 0.2) is 17.3 Å². The second-order valence-electron chi connectivity index (χ2n) is 10.4. The van der Waals surface area contributed by atoms with E-state index in [2.05, 4.69) is 5.32 Å². The number of methoxy groups -OCH3 is 2. The second-order valence-corrected chi connectivity index (χ2v) is 10.4. The molecule has 216 valence electrons. The average molecular weight is 568 g/mol. The van der Waals surface area contributed by atoms with Crippen LogP contribution in [0.4, 0.5) is 0 Å². The van der Waals surface area contributed by atoms with Gasteiger partial charge in [-0.15, -0.1) is 0 Å². The molecule has 2 aliphatic rings. The Morgan fingerprint density at radius 3 is 2.26 bits per heavy atom. The van der Waals surface area contributed by atoms with E-state index in [1.165, 1.54) is 14.0 Å². The van der Waals surface area contributed by atoms with E-state index in [1.54, 1.807) is 25.3 Å². The summed E-state index contributed by atoms with van der Waals surface area (Å²) in [7, 11) is 3.09. The maximum Gasteiger partial charge on any atom is 0.337 e. The van der Waals surface area contributed by atoms with Gasteiger partial charge < -0.3 is 24.3 Å². The molecule has 1 heterocycles. The lowest BCUT2D eigenvalue weighted by molar-refractivity contribution is -0.140. The highest BCUT2D eigenvalue weighted by Crippen LogP contribution is 2.47. The molecule has 0 spiro atoms. The van der Waals surface area contributed by atoms with Crippen molar-refractivity contribution in [3.63, 3.8) is 0 Å². The Bertz CT molecular complexity index is 1570. The first-order valence-electron chi connectivity index (χ1n) is 13.7. The number of nitrogens with one attached hydrogen (secondary N) is 1. The zero-order valence-electron chi connectivity index (χ0n) is 24.1. The van der Waals surface area contributed by atoms with Crippen molar-refractivity contribution in [2.24, 2.45) is 0 Å². The van der Waals surface area contributed by atoms with E-state index in [0.29, 0.717) is 34.6 Å². The first-order chi connectivity index (χ1) is 20.3. The van der Waals surface area contributed by atoms with Gasteiger partial charge in [0, 0.05) is 36.2 Å². The molecule has 5 rings (SSSR count). The maximum absolute atomic E-state index is 13.9. The summed E-state index contributed by atoms with van der Waals surface area (Å²) >= 11 is 0. The van der Waals surface area contributed by atoms with Crippen molar-refractivity contribution in [1.29, 1.82) is 0 Å². The summed E-state index contributed by atoms with van der Waals surface area (Å²) in [4.78, 5) is 39.3. The third kappa shape index (κ3) is 5.93. The number of rotatable bonds is 8. The van der Waals surface area contributed by atoms with E-state index in [4.69, 9.17) is 18.9 Å². The number of carbonyl (C=O) groups is 3. The van der Waals surface area contributed by atoms with Crippen molar-refractivity contribution in [1.82, 2.24) is 5.32 Å². The molecule has 3 aromatic rings. The van der Waals surface area contributed by atoms with Crippen LogP contribution in [0.3, 0.4) is 0 Å². The van der Waals surface area contributed by atoms with Gasteiger partial charge in [0.1, 0.15) is 12.4 Å². The van der Waals surface area contributed by atoms with Crippen molar-refractivity contribution in [2.45, 2.75) is 45.1 Å². The van der Waals surface area contributed by atoms with E-state index < -0.39 is 17.9 Å². The van der Waals surface area contributed by atoms with Crippen molar-refractivity contribution in [3.05, 3.63) is 112 Å². The summed E-state index contributed by atoms with van der Waals surface area (Å²) < 4.78 is 21.9. The number of benzene rings is 3. The molecule has 3 aromatic carbocycles. The van der Waals surface area contributed by atoms with Crippen LogP contribution in [-0.2, 0) is 25.7 Å². The van der Waals surface area contributed by atoms with Crippen molar-refractivity contribution >= 4 is 17.7 Å². The fraction of sp³-hybridized carbons (Fsp3) is 0.265. The molecule has 0 amide bonds. The van der Waals surface area contributed by atoms with Crippen LogP contribution < -0.4 is 19.5 Å². The molecule has 0 saturated heterocycles. The van der Waals surface area contributed by atoms with Crippen LogP contribution in [0.1, 0.15) is 55.2 Å². The van der Waals surface area contributed by atoms with E-state index in [1.807, 2.05) is 61.5 Å². The summed E-state index contributed by atoms with van der Waals surface area (Å²) in [5, 5.41) is 3.38. The summed E-state index contributed by atoms with van der Waals surface area (Å²) in [5.41, 5.74) is 4.81. The van der Waals surface area contributed by atoms with Gasteiger partial charge in [0.2, 0.25) is 0 Å². The predicted octanol–water partition coefficient (Wildman–Crippen LogP) is 5.73. The van der Waals surface area contributed by atoms with Gasteiger partial charge >= 0.3 is 11.9 Å². The molecule has 0 unspecified atom stereocenters. The molecule has 42 heavy (non-hydrogen) atoms. The van der Waals surface area contributed by atoms with E-state index >= 15 is 0 Å². The van der Waals surface area contributed by atoms with Gasteiger partial charge in [-0.3, -0.25) is 9.59 Å². The monoisotopic (exact) mass is 567 g/mol. The normalized spacial score (nSPS) is 18.1. The lowest BCUT2D eigenvalue weighted by Crippen LogP contribution is -2.36. The largest absolute Gasteiger partial charge is 0.497 e. The smallest absolute Gasteiger partial charge is 0.337 e. The Morgan fingerprint density at radius 1 is 0.881 bits per heavy atom. The summed E-state index contributed by atoms with van der Waals surface area (Å²) in [6.07, 6.45) is 0.883. The number of carbonyl (C=O) groups excluding carboxylic acids is 3. The number of hydrogen-bond acceptors (Lipinski definition) is 8. The Kier molecular flexibility index (Phi) is 8.43. The van der Waals surface area contributed by atoms with Crippen LogP contribution >= 0.6 is 0 Å². The first-order valence-corrected chi connectivity index (χ1v) is 13.7. The Labute approximate surface area is 244 Å². The first kappa shape index (κ1) is 28.7.